The number of nitrogens with zero attached hydrogens (tertiary/aromatic N) is 3. The predicted molar refractivity (Wildman–Crippen MR) is 82.5 cm³/mol. The van der Waals surface area contributed by atoms with Gasteiger partial charge in [0.25, 0.3) is 0 Å². The SMILES string of the molecule is N#Cc1ccc(CSc2nc(N)c3ccsc3n2)cc1. The molecule has 6 heteroatoms. The van der Waals surface area contributed by atoms with Gasteiger partial charge in [-0.3, -0.25) is 0 Å². The molecule has 0 radical (unpaired) electrons. The Bertz CT molecular complexity index is 787. The molecule has 0 bridgehead atoms. The molecule has 0 saturated heterocycles. The number of benzene rings is 1. The third-order valence-electron chi connectivity index (χ3n) is 2.78. The highest BCUT2D eigenvalue weighted by Crippen LogP contribution is 2.27. The first kappa shape index (κ1) is 12.9. The molecule has 0 spiro atoms. The lowest BCUT2D eigenvalue weighted by Crippen LogP contribution is -1.95. The van der Waals surface area contributed by atoms with Crippen LogP contribution in [-0.4, -0.2) is 9.97 Å². The zero-order chi connectivity index (χ0) is 13.9. The van der Waals surface area contributed by atoms with Gasteiger partial charge in [-0.2, -0.15) is 5.26 Å². The van der Waals surface area contributed by atoms with E-state index in [1.54, 1.807) is 23.1 Å². The van der Waals surface area contributed by atoms with Crippen molar-refractivity contribution in [3.63, 3.8) is 0 Å². The van der Waals surface area contributed by atoms with Crippen LogP contribution in [-0.2, 0) is 5.75 Å². The Hall–Kier alpha value is -2.10. The van der Waals surface area contributed by atoms with Crippen molar-refractivity contribution in [3.05, 3.63) is 46.8 Å². The number of nitrogen functional groups attached to an aromatic ring is 1. The average molecular weight is 298 g/mol. The van der Waals surface area contributed by atoms with Crippen LogP contribution in [0.4, 0.5) is 5.82 Å². The fraction of sp³-hybridized carbons (Fsp3) is 0.0714. The van der Waals surface area contributed by atoms with Gasteiger partial charge in [-0.25, -0.2) is 9.97 Å². The Balaban J connectivity index is 1.77. The van der Waals surface area contributed by atoms with Crippen LogP contribution in [0, 0.1) is 11.3 Å². The minimum Gasteiger partial charge on any atom is -0.383 e. The number of nitriles is 1. The molecule has 0 atom stereocenters. The molecule has 0 aliphatic heterocycles. The molecule has 2 N–H and O–H groups in total. The van der Waals surface area contributed by atoms with Gasteiger partial charge in [-0.1, -0.05) is 23.9 Å². The number of fused-ring (bicyclic) bond motifs is 1. The highest BCUT2D eigenvalue weighted by atomic mass is 32.2. The molecule has 0 amide bonds. The molecule has 0 fully saturated rings. The molecule has 3 aromatic rings. The minimum atomic E-state index is 0.526. The van der Waals surface area contributed by atoms with Crippen LogP contribution in [0.5, 0.6) is 0 Å². The first-order chi connectivity index (χ1) is 9.76. The standard InChI is InChI=1S/C14H10N4S2/c15-7-9-1-3-10(4-2-9)8-20-14-17-12(16)11-5-6-19-13(11)18-14/h1-6H,8H2,(H2,16,17,18). The van der Waals surface area contributed by atoms with E-state index < -0.39 is 0 Å². The molecule has 2 heterocycles. The van der Waals surface area contributed by atoms with E-state index in [4.69, 9.17) is 11.0 Å². The summed E-state index contributed by atoms with van der Waals surface area (Å²) in [5.41, 5.74) is 7.71. The van der Waals surface area contributed by atoms with Gasteiger partial charge in [-0.05, 0) is 29.1 Å². The second-order valence-electron chi connectivity index (χ2n) is 4.13. The summed E-state index contributed by atoms with van der Waals surface area (Å²) in [5.74, 6) is 1.28. The van der Waals surface area contributed by atoms with Crippen LogP contribution in [0.25, 0.3) is 10.2 Å². The van der Waals surface area contributed by atoms with E-state index in [2.05, 4.69) is 16.0 Å². The van der Waals surface area contributed by atoms with Crippen molar-refractivity contribution >= 4 is 39.1 Å². The maximum absolute atomic E-state index is 8.76. The lowest BCUT2D eigenvalue weighted by atomic mass is 10.2. The Labute approximate surface area is 124 Å². The molecule has 0 aliphatic carbocycles. The van der Waals surface area contributed by atoms with Crippen LogP contribution in [0.3, 0.4) is 0 Å². The van der Waals surface area contributed by atoms with Crippen molar-refractivity contribution in [1.29, 1.82) is 5.26 Å². The van der Waals surface area contributed by atoms with Crippen LogP contribution in [0.2, 0.25) is 0 Å². The summed E-state index contributed by atoms with van der Waals surface area (Å²) in [6, 6.07) is 11.6. The smallest absolute Gasteiger partial charge is 0.191 e. The zero-order valence-corrected chi connectivity index (χ0v) is 12.0. The van der Waals surface area contributed by atoms with Crippen molar-refractivity contribution in [1.82, 2.24) is 9.97 Å². The van der Waals surface area contributed by atoms with Crippen molar-refractivity contribution in [3.8, 4) is 6.07 Å². The van der Waals surface area contributed by atoms with Gasteiger partial charge in [0.1, 0.15) is 10.6 Å². The van der Waals surface area contributed by atoms with Gasteiger partial charge in [-0.15, -0.1) is 11.3 Å². The number of aromatic nitrogens is 2. The number of hydrogen-bond acceptors (Lipinski definition) is 6. The third-order valence-corrected chi connectivity index (χ3v) is 4.51. The van der Waals surface area contributed by atoms with Gasteiger partial charge >= 0.3 is 0 Å². The van der Waals surface area contributed by atoms with E-state index in [1.807, 2.05) is 35.7 Å². The summed E-state index contributed by atoms with van der Waals surface area (Å²) in [4.78, 5) is 9.71. The van der Waals surface area contributed by atoms with Gasteiger partial charge < -0.3 is 5.73 Å². The molecular weight excluding hydrogens is 288 g/mol. The molecule has 2 aromatic heterocycles. The molecule has 0 unspecified atom stereocenters. The number of rotatable bonds is 3. The van der Waals surface area contributed by atoms with Gasteiger partial charge in [0.2, 0.25) is 0 Å². The number of hydrogen-bond donors (Lipinski definition) is 1. The highest BCUT2D eigenvalue weighted by molar-refractivity contribution is 7.98. The Morgan fingerprint density at radius 1 is 1.20 bits per heavy atom. The number of thioether (sulfide) groups is 1. The average Bonchev–Trinajstić information content (AvgIpc) is 2.94. The van der Waals surface area contributed by atoms with Crippen LogP contribution in [0.1, 0.15) is 11.1 Å². The molecule has 20 heavy (non-hydrogen) atoms. The largest absolute Gasteiger partial charge is 0.383 e. The van der Waals surface area contributed by atoms with E-state index in [1.165, 1.54) is 0 Å². The van der Waals surface area contributed by atoms with Crippen LogP contribution < -0.4 is 5.73 Å². The summed E-state index contributed by atoms with van der Waals surface area (Å²) in [6.45, 7) is 0. The number of thiophene rings is 1. The van der Waals surface area contributed by atoms with Crippen LogP contribution in [0.15, 0.2) is 40.9 Å². The van der Waals surface area contributed by atoms with E-state index in [0.29, 0.717) is 16.5 Å². The highest BCUT2D eigenvalue weighted by Gasteiger charge is 2.07. The molecule has 0 saturated carbocycles. The fourth-order valence-electron chi connectivity index (χ4n) is 1.75. The third kappa shape index (κ3) is 2.59. The lowest BCUT2D eigenvalue weighted by Gasteiger charge is -2.03. The summed E-state index contributed by atoms with van der Waals surface area (Å²) in [7, 11) is 0. The quantitative estimate of drug-likeness (QED) is 0.592. The number of nitrogens with two attached hydrogens (primary N) is 1. The predicted octanol–water partition coefficient (Wildman–Crippen LogP) is 3.44. The zero-order valence-electron chi connectivity index (χ0n) is 10.4. The normalized spacial score (nSPS) is 10.6. The summed E-state index contributed by atoms with van der Waals surface area (Å²) >= 11 is 3.10. The van der Waals surface area contributed by atoms with Gasteiger partial charge in [0.15, 0.2) is 5.16 Å². The maximum atomic E-state index is 8.76. The van der Waals surface area contributed by atoms with Crippen molar-refractivity contribution in [2.45, 2.75) is 10.9 Å². The second kappa shape index (κ2) is 5.49. The van der Waals surface area contributed by atoms with Gasteiger partial charge in [0, 0.05) is 5.75 Å². The maximum Gasteiger partial charge on any atom is 0.191 e. The molecule has 1 aromatic carbocycles. The Kier molecular flexibility index (Phi) is 3.54. The van der Waals surface area contributed by atoms with Crippen molar-refractivity contribution in [2.75, 3.05) is 5.73 Å². The monoisotopic (exact) mass is 298 g/mol. The first-order valence-corrected chi connectivity index (χ1v) is 7.75. The summed E-state index contributed by atoms with van der Waals surface area (Å²) in [6.07, 6.45) is 0. The summed E-state index contributed by atoms with van der Waals surface area (Å²) < 4.78 is 0. The van der Waals surface area contributed by atoms with Crippen LogP contribution >= 0.6 is 23.1 Å². The Morgan fingerprint density at radius 2 is 2.00 bits per heavy atom. The first-order valence-electron chi connectivity index (χ1n) is 5.89. The number of anilines is 1. The van der Waals surface area contributed by atoms with Crippen molar-refractivity contribution in [2.24, 2.45) is 0 Å². The minimum absolute atomic E-state index is 0.526. The fourth-order valence-corrected chi connectivity index (χ4v) is 3.38. The summed E-state index contributed by atoms with van der Waals surface area (Å²) in [5, 5.41) is 12.3. The van der Waals surface area contributed by atoms with E-state index in [9.17, 15) is 0 Å². The van der Waals surface area contributed by atoms with E-state index >= 15 is 0 Å². The molecule has 0 aliphatic rings. The molecular formula is C14H10N4S2. The molecule has 3 rings (SSSR count). The van der Waals surface area contributed by atoms with E-state index in [0.717, 1.165) is 21.5 Å². The lowest BCUT2D eigenvalue weighted by molar-refractivity contribution is 1.02. The second-order valence-corrected chi connectivity index (χ2v) is 5.97. The molecule has 98 valence electrons. The van der Waals surface area contributed by atoms with E-state index in [-0.39, 0.29) is 0 Å². The Morgan fingerprint density at radius 3 is 2.75 bits per heavy atom. The van der Waals surface area contributed by atoms with Gasteiger partial charge in [0.05, 0.1) is 17.0 Å². The molecule has 4 nitrogen and oxygen atoms in total. The topological polar surface area (TPSA) is 75.6 Å². The van der Waals surface area contributed by atoms with Crippen molar-refractivity contribution < 1.29 is 0 Å².